The van der Waals surface area contributed by atoms with Crippen LogP contribution in [0.1, 0.15) is 34.0 Å². The van der Waals surface area contributed by atoms with E-state index in [1.807, 2.05) is 85.8 Å². The summed E-state index contributed by atoms with van der Waals surface area (Å²) in [6.07, 6.45) is 0. The zero-order chi connectivity index (χ0) is 19.9. The summed E-state index contributed by atoms with van der Waals surface area (Å²) in [5, 5.41) is 2.76. The molecule has 3 aromatic rings. The highest BCUT2D eigenvalue weighted by Crippen LogP contribution is 2.22. The van der Waals surface area contributed by atoms with Crippen LogP contribution in [0.4, 0.5) is 5.69 Å². The number of nitrogens with one attached hydrogen (secondary N) is 1. The molecule has 0 radical (unpaired) electrons. The van der Waals surface area contributed by atoms with E-state index in [1.54, 1.807) is 4.90 Å². The van der Waals surface area contributed by atoms with Crippen LogP contribution in [0.5, 0.6) is 0 Å². The van der Waals surface area contributed by atoms with Gasteiger partial charge >= 0.3 is 0 Å². The molecule has 0 atom stereocenters. The van der Waals surface area contributed by atoms with Crippen molar-refractivity contribution in [3.63, 3.8) is 0 Å². The van der Waals surface area contributed by atoms with Gasteiger partial charge in [0.2, 0.25) is 5.91 Å². The van der Waals surface area contributed by atoms with Gasteiger partial charge in [-0.3, -0.25) is 9.59 Å². The summed E-state index contributed by atoms with van der Waals surface area (Å²) in [5.74, 6) is -0.130. The first-order chi connectivity index (χ1) is 13.5. The summed E-state index contributed by atoms with van der Waals surface area (Å²) in [5.41, 5.74) is 4.62. The van der Waals surface area contributed by atoms with Crippen LogP contribution in [0.25, 0.3) is 0 Å². The number of nitrogens with zero attached hydrogens (tertiary/aromatic N) is 1. The molecule has 4 nitrogen and oxygen atoms in total. The molecule has 1 N–H and O–H groups in total. The number of benzene rings is 3. The number of hydrogen-bond acceptors (Lipinski definition) is 2. The van der Waals surface area contributed by atoms with Crippen LogP contribution in [0.15, 0.2) is 78.9 Å². The average molecular weight is 372 g/mol. The summed E-state index contributed by atoms with van der Waals surface area (Å²) >= 11 is 0. The average Bonchev–Trinajstić information content (AvgIpc) is 2.71. The SMILES string of the molecule is CC(=O)NCc1ccc(C(=O)N(Cc2ccccc2)c2cccc(C)c2)cc1. The van der Waals surface area contributed by atoms with Gasteiger partial charge in [-0.25, -0.2) is 0 Å². The number of amides is 2. The smallest absolute Gasteiger partial charge is 0.258 e. The highest BCUT2D eigenvalue weighted by molar-refractivity contribution is 6.06. The second kappa shape index (κ2) is 9.00. The molecule has 0 unspecified atom stereocenters. The summed E-state index contributed by atoms with van der Waals surface area (Å²) in [4.78, 5) is 26.2. The van der Waals surface area contributed by atoms with Crippen molar-refractivity contribution in [1.29, 1.82) is 0 Å². The van der Waals surface area contributed by atoms with E-state index in [-0.39, 0.29) is 11.8 Å². The zero-order valence-corrected chi connectivity index (χ0v) is 16.2. The van der Waals surface area contributed by atoms with E-state index in [0.29, 0.717) is 18.7 Å². The second-order valence-corrected chi connectivity index (χ2v) is 6.82. The summed E-state index contributed by atoms with van der Waals surface area (Å²) in [7, 11) is 0. The van der Waals surface area contributed by atoms with E-state index in [0.717, 1.165) is 22.4 Å². The molecule has 142 valence electrons. The van der Waals surface area contributed by atoms with Gasteiger partial charge in [0.05, 0.1) is 6.54 Å². The summed E-state index contributed by atoms with van der Waals surface area (Å²) in [6, 6.07) is 25.3. The van der Waals surface area contributed by atoms with Crippen molar-refractivity contribution in [3.05, 3.63) is 101 Å². The first-order valence-electron chi connectivity index (χ1n) is 9.29. The first kappa shape index (κ1) is 19.4. The van der Waals surface area contributed by atoms with E-state index in [4.69, 9.17) is 0 Å². The number of aryl methyl sites for hydroxylation is 1. The first-order valence-corrected chi connectivity index (χ1v) is 9.29. The van der Waals surface area contributed by atoms with Crippen LogP contribution in [0, 0.1) is 6.92 Å². The lowest BCUT2D eigenvalue weighted by Gasteiger charge is -2.24. The highest BCUT2D eigenvalue weighted by atomic mass is 16.2. The molecule has 3 rings (SSSR count). The minimum absolute atomic E-state index is 0.0551. The van der Waals surface area contributed by atoms with Crippen molar-refractivity contribution < 1.29 is 9.59 Å². The Morgan fingerprint density at radius 2 is 1.57 bits per heavy atom. The topological polar surface area (TPSA) is 49.4 Å². The van der Waals surface area contributed by atoms with Gasteiger partial charge in [0, 0.05) is 24.7 Å². The fourth-order valence-electron chi connectivity index (χ4n) is 2.99. The van der Waals surface area contributed by atoms with Gasteiger partial charge < -0.3 is 10.2 Å². The molecular formula is C24H24N2O2. The predicted molar refractivity (Wildman–Crippen MR) is 112 cm³/mol. The molecular weight excluding hydrogens is 348 g/mol. The maximum absolute atomic E-state index is 13.3. The van der Waals surface area contributed by atoms with E-state index in [2.05, 4.69) is 5.32 Å². The lowest BCUT2D eigenvalue weighted by Crippen LogP contribution is -2.30. The van der Waals surface area contributed by atoms with Crippen LogP contribution in [0.2, 0.25) is 0 Å². The molecule has 2 amide bonds. The second-order valence-electron chi connectivity index (χ2n) is 6.82. The minimum Gasteiger partial charge on any atom is -0.352 e. The molecule has 0 saturated carbocycles. The molecule has 0 aliphatic heterocycles. The molecule has 0 aliphatic rings. The van der Waals surface area contributed by atoms with Crippen molar-refractivity contribution in [1.82, 2.24) is 5.32 Å². The lowest BCUT2D eigenvalue weighted by molar-refractivity contribution is -0.119. The number of carbonyl (C=O) groups excluding carboxylic acids is 2. The zero-order valence-electron chi connectivity index (χ0n) is 16.2. The van der Waals surface area contributed by atoms with Crippen molar-refractivity contribution in [2.75, 3.05) is 4.90 Å². The number of rotatable bonds is 6. The standard InChI is InChI=1S/C24H24N2O2/c1-18-7-6-10-23(15-18)26(17-21-8-4-3-5-9-21)24(28)22-13-11-20(12-14-22)16-25-19(2)27/h3-15H,16-17H2,1-2H3,(H,25,27). The van der Waals surface area contributed by atoms with Crippen molar-refractivity contribution >= 4 is 17.5 Å². The molecule has 3 aromatic carbocycles. The van der Waals surface area contributed by atoms with E-state index < -0.39 is 0 Å². The fourth-order valence-corrected chi connectivity index (χ4v) is 2.99. The number of carbonyl (C=O) groups is 2. The lowest BCUT2D eigenvalue weighted by atomic mass is 10.1. The Morgan fingerprint density at radius 1 is 0.857 bits per heavy atom. The van der Waals surface area contributed by atoms with Gasteiger partial charge in [-0.05, 0) is 47.9 Å². The summed E-state index contributed by atoms with van der Waals surface area (Å²) < 4.78 is 0. The van der Waals surface area contributed by atoms with Crippen LogP contribution < -0.4 is 10.2 Å². The normalized spacial score (nSPS) is 10.4. The third-order valence-electron chi connectivity index (χ3n) is 4.48. The molecule has 0 heterocycles. The maximum Gasteiger partial charge on any atom is 0.258 e. The van der Waals surface area contributed by atoms with Crippen molar-refractivity contribution in [3.8, 4) is 0 Å². The number of hydrogen-bond donors (Lipinski definition) is 1. The van der Waals surface area contributed by atoms with Gasteiger partial charge in [-0.15, -0.1) is 0 Å². The van der Waals surface area contributed by atoms with Crippen LogP contribution >= 0.6 is 0 Å². The Bertz CT molecular complexity index is 950. The van der Waals surface area contributed by atoms with Crippen LogP contribution in [-0.2, 0) is 17.9 Å². The van der Waals surface area contributed by atoms with E-state index in [1.165, 1.54) is 6.92 Å². The van der Waals surface area contributed by atoms with Gasteiger partial charge in [-0.2, -0.15) is 0 Å². The Morgan fingerprint density at radius 3 is 2.21 bits per heavy atom. The molecule has 0 aliphatic carbocycles. The predicted octanol–water partition coefficient (Wildman–Crippen LogP) is 4.48. The summed E-state index contributed by atoms with van der Waals surface area (Å²) in [6.45, 7) is 4.46. The Hall–Kier alpha value is -3.40. The van der Waals surface area contributed by atoms with Crippen LogP contribution in [0.3, 0.4) is 0 Å². The van der Waals surface area contributed by atoms with Gasteiger partial charge in [0.1, 0.15) is 0 Å². The fraction of sp³-hybridized carbons (Fsp3) is 0.167. The number of anilines is 1. The molecule has 0 aromatic heterocycles. The molecule has 0 saturated heterocycles. The Kier molecular flexibility index (Phi) is 6.22. The van der Waals surface area contributed by atoms with E-state index in [9.17, 15) is 9.59 Å². The molecule has 0 spiro atoms. The largest absolute Gasteiger partial charge is 0.352 e. The third-order valence-corrected chi connectivity index (χ3v) is 4.48. The van der Waals surface area contributed by atoms with Crippen LogP contribution in [-0.4, -0.2) is 11.8 Å². The maximum atomic E-state index is 13.3. The Labute approximate surface area is 165 Å². The van der Waals surface area contributed by atoms with Crippen molar-refractivity contribution in [2.45, 2.75) is 26.9 Å². The highest BCUT2D eigenvalue weighted by Gasteiger charge is 2.18. The molecule has 4 heteroatoms. The quantitative estimate of drug-likeness (QED) is 0.694. The van der Waals surface area contributed by atoms with E-state index >= 15 is 0 Å². The van der Waals surface area contributed by atoms with Crippen molar-refractivity contribution in [2.24, 2.45) is 0 Å². The third kappa shape index (κ3) is 5.07. The van der Waals surface area contributed by atoms with Gasteiger partial charge in [0.15, 0.2) is 0 Å². The minimum atomic E-state index is -0.0753. The van der Waals surface area contributed by atoms with Gasteiger partial charge in [-0.1, -0.05) is 54.6 Å². The molecule has 0 fully saturated rings. The Balaban J connectivity index is 1.86. The van der Waals surface area contributed by atoms with Gasteiger partial charge in [0.25, 0.3) is 5.91 Å². The molecule has 0 bridgehead atoms. The molecule has 28 heavy (non-hydrogen) atoms. The monoisotopic (exact) mass is 372 g/mol.